The molecule has 1 heterocycles. The minimum absolute atomic E-state index is 0.0744. The van der Waals surface area contributed by atoms with Crippen LogP contribution in [-0.4, -0.2) is 9.55 Å². The van der Waals surface area contributed by atoms with Gasteiger partial charge in [0, 0.05) is 14.8 Å². The van der Waals surface area contributed by atoms with Gasteiger partial charge in [0.2, 0.25) is 0 Å². The Bertz CT molecular complexity index is 734. The van der Waals surface area contributed by atoms with Gasteiger partial charge in [0.25, 0.3) is 5.56 Å². The van der Waals surface area contributed by atoms with Crippen LogP contribution in [0.5, 0.6) is 0 Å². The molecule has 0 unspecified atom stereocenters. The van der Waals surface area contributed by atoms with Crippen molar-refractivity contribution in [2.75, 3.05) is 0 Å². The fraction of sp³-hybridized carbons (Fsp3) is 0.167. The summed E-state index contributed by atoms with van der Waals surface area (Å²) >= 11 is 5.13. The SMILES string of the molecule is Cc1c(Br)c(=O)[nH]c(=O)n1Cc1c(F)cccc1I. The second-order valence-electron chi connectivity index (χ2n) is 3.95. The van der Waals surface area contributed by atoms with Gasteiger partial charge >= 0.3 is 5.69 Å². The van der Waals surface area contributed by atoms with Gasteiger partial charge in [-0.1, -0.05) is 6.07 Å². The summed E-state index contributed by atoms with van der Waals surface area (Å²) in [5.74, 6) is -0.375. The molecule has 0 aliphatic heterocycles. The van der Waals surface area contributed by atoms with E-state index in [1.165, 1.54) is 10.6 Å². The Morgan fingerprint density at radius 2 is 2.11 bits per heavy atom. The molecule has 0 saturated heterocycles. The van der Waals surface area contributed by atoms with E-state index in [9.17, 15) is 14.0 Å². The molecule has 19 heavy (non-hydrogen) atoms. The standard InChI is InChI=1S/C12H9BrFIN2O2/c1-6-10(13)11(18)16-12(19)17(6)5-7-8(14)3-2-4-9(7)15/h2-4H,5H2,1H3,(H,16,18,19). The van der Waals surface area contributed by atoms with Crippen molar-refractivity contribution < 1.29 is 4.39 Å². The summed E-state index contributed by atoms with van der Waals surface area (Å²) in [7, 11) is 0. The van der Waals surface area contributed by atoms with Crippen molar-refractivity contribution in [2.45, 2.75) is 13.5 Å². The van der Waals surface area contributed by atoms with E-state index in [4.69, 9.17) is 0 Å². The number of halogens is 3. The van der Waals surface area contributed by atoms with Gasteiger partial charge in [-0.15, -0.1) is 0 Å². The lowest BCUT2D eigenvalue weighted by molar-refractivity contribution is 0.585. The predicted molar refractivity (Wildman–Crippen MR) is 82.0 cm³/mol. The van der Waals surface area contributed by atoms with Crippen LogP contribution in [0.3, 0.4) is 0 Å². The molecule has 4 nitrogen and oxygen atoms in total. The highest BCUT2D eigenvalue weighted by molar-refractivity contribution is 14.1. The van der Waals surface area contributed by atoms with Crippen molar-refractivity contribution in [1.29, 1.82) is 0 Å². The van der Waals surface area contributed by atoms with Crippen LogP contribution < -0.4 is 11.2 Å². The van der Waals surface area contributed by atoms with Gasteiger partial charge in [-0.3, -0.25) is 14.3 Å². The zero-order chi connectivity index (χ0) is 14.2. The first-order chi connectivity index (χ1) is 8.91. The van der Waals surface area contributed by atoms with E-state index in [0.29, 0.717) is 11.3 Å². The highest BCUT2D eigenvalue weighted by Crippen LogP contribution is 2.18. The molecule has 0 spiro atoms. The first-order valence-corrected chi connectivity index (χ1v) is 7.21. The highest BCUT2D eigenvalue weighted by atomic mass is 127. The highest BCUT2D eigenvalue weighted by Gasteiger charge is 2.13. The van der Waals surface area contributed by atoms with Crippen LogP contribution in [0.4, 0.5) is 4.39 Å². The van der Waals surface area contributed by atoms with Gasteiger partial charge in [-0.2, -0.15) is 0 Å². The largest absolute Gasteiger partial charge is 0.328 e. The minimum Gasteiger partial charge on any atom is -0.292 e. The molecule has 100 valence electrons. The smallest absolute Gasteiger partial charge is 0.292 e. The molecular weight excluding hydrogens is 430 g/mol. The summed E-state index contributed by atoms with van der Waals surface area (Å²) < 4.78 is 16.1. The molecule has 0 amide bonds. The lowest BCUT2D eigenvalue weighted by atomic mass is 10.2. The van der Waals surface area contributed by atoms with Crippen molar-refractivity contribution in [3.8, 4) is 0 Å². The van der Waals surface area contributed by atoms with Crippen molar-refractivity contribution in [3.05, 3.63) is 64.2 Å². The first kappa shape index (κ1) is 14.4. The topological polar surface area (TPSA) is 54.9 Å². The van der Waals surface area contributed by atoms with Crippen LogP contribution in [-0.2, 0) is 6.54 Å². The molecule has 1 aromatic heterocycles. The Balaban J connectivity index is 2.60. The molecule has 1 aromatic carbocycles. The number of hydrogen-bond acceptors (Lipinski definition) is 2. The molecule has 0 saturated carbocycles. The van der Waals surface area contributed by atoms with Crippen LogP contribution >= 0.6 is 38.5 Å². The molecule has 7 heteroatoms. The zero-order valence-electron chi connectivity index (χ0n) is 9.84. The third-order valence-corrected chi connectivity index (χ3v) is 4.71. The molecule has 2 rings (SSSR count). The third kappa shape index (κ3) is 2.81. The van der Waals surface area contributed by atoms with Crippen molar-refractivity contribution >= 4 is 38.5 Å². The van der Waals surface area contributed by atoms with Crippen LogP contribution in [0.1, 0.15) is 11.3 Å². The molecule has 0 radical (unpaired) electrons. The van der Waals surface area contributed by atoms with Gasteiger partial charge < -0.3 is 0 Å². The summed E-state index contributed by atoms with van der Waals surface area (Å²) in [4.78, 5) is 25.4. The van der Waals surface area contributed by atoms with Gasteiger partial charge in [0.15, 0.2) is 0 Å². The summed E-state index contributed by atoms with van der Waals surface area (Å²) in [5.41, 5.74) is -0.146. The zero-order valence-corrected chi connectivity index (χ0v) is 13.6. The third-order valence-electron chi connectivity index (χ3n) is 2.77. The maximum absolute atomic E-state index is 13.8. The van der Waals surface area contributed by atoms with Crippen LogP contribution in [0.25, 0.3) is 0 Å². The fourth-order valence-electron chi connectivity index (χ4n) is 1.69. The van der Waals surface area contributed by atoms with Crippen LogP contribution in [0.2, 0.25) is 0 Å². The van der Waals surface area contributed by atoms with Crippen molar-refractivity contribution in [1.82, 2.24) is 9.55 Å². The monoisotopic (exact) mass is 438 g/mol. The average molecular weight is 439 g/mol. The summed E-state index contributed by atoms with van der Waals surface area (Å²) in [6.45, 7) is 1.71. The van der Waals surface area contributed by atoms with E-state index in [2.05, 4.69) is 20.9 Å². The summed E-state index contributed by atoms with van der Waals surface area (Å²) in [6.07, 6.45) is 0. The lowest BCUT2D eigenvalue weighted by Gasteiger charge is -2.12. The number of H-pyrrole nitrogens is 1. The molecular formula is C12H9BrFIN2O2. The number of nitrogens with one attached hydrogen (secondary N) is 1. The summed E-state index contributed by atoms with van der Waals surface area (Å²) in [6, 6.07) is 4.72. The molecule has 0 fully saturated rings. The Kier molecular flexibility index (Phi) is 4.24. The summed E-state index contributed by atoms with van der Waals surface area (Å²) in [5, 5.41) is 0. The van der Waals surface area contributed by atoms with E-state index < -0.39 is 11.2 Å². The number of hydrogen-bond donors (Lipinski definition) is 1. The second-order valence-corrected chi connectivity index (χ2v) is 5.90. The molecule has 0 bridgehead atoms. The quantitative estimate of drug-likeness (QED) is 0.732. The number of benzene rings is 1. The van der Waals surface area contributed by atoms with E-state index >= 15 is 0 Å². The Labute approximate surface area is 129 Å². The lowest BCUT2D eigenvalue weighted by Crippen LogP contribution is -2.33. The van der Waals surface area contributed by atoms with Gasteiger partial charge in [0.05, 0.1) is 6.54 Å². The Morgan fingerprint density at radius 1 is 1.42 bits per heavy atom. The fourth-order valence-corrected chi connectivity index (χ4v) is 2.64. The van der Waals surface area contributed by atoms with E-state index in [0.717, 1.165) is 3.57 Å². The minimum atomic E-state index is -0.551. The number of aromatic nitrogens is 2. The van der Waals surface area contributed by atoms with Crippen LogP contribution in [0.15, 0.2) is 32.3 Å². The number of rotatable bonds is 2. The molecule has 0 atom stereocenters. The normalized spacial score (nSPS) is 10.7. The Morgan fingerprint density at radius 3 is 2.74 bits per heavy atom. The van der Waals surface area contributed by atoms with Gasteiger partial charge in [-0.05, 0) is 57.6 Å². The maximum atomic E-state index is 13.8. The van der Waals surface area contributed by atoms with E-state index in [1.54, 1.807) is 19.1 Å². The van der Waals surface area contributed by atoms with Gasteiger partial charge in [-0.25, -0.2) is 9.18 Å². The molecule has 2 aromatic rings. The van der Waals surface area contributed by atoms with Crippen molar-refractivity contribution in [2.24, 2.45) is 0 Å². The first-order valence-electron chi connectivity index (χ1n) is 5.34. The Hall–Kier alpha value is -0.960. The molecule has 0 aliphatic rings. The van der Waals surface area contributed by atoms with E-state index in [-0.39, 0.29) is 16.8 Å². The number of nitrogens with zero attached hydrogens (tertiary/aromatic N) is 1. The van der Waals surface area contributed by atoms with E-state index in [1.807, 2.05) is 22.6 Å². The molecule has 0 aliphatic carbocycles. The predicted octanol–water partition coefficient (Wildman–Crippen LogP) is 2.40. The average Bonchev–Trinajstić information content (AvgIpc) is 2.35. The van der Waals surface area contributed by atoms with Crippen molar-refractivity contribution in [3.63, 3.8) is 0 Å². The molecule has 1 N–H and O–H groups in total. The van der Waals surface area contributed by atoms with Crippen LogP contribution in [0, 0.1) is 16.3 Å². The maximum Gasteiger partial charge on any atom is 0.328 e. The number of aromatic amines is 1. The second kappa shape index (κ2) is 5.58. The van der Waals surface area contributed by atoms with Gasteiger partial charge in [0.1, 0.15) is 10.3 Å².